The van der Waals surface area contributed by atoms with Crippen LogP contribution in [0.25, 0.3) is 0 Å². The first-order chi connectivity index (χ1) is 10.4. The van der Waals surface area contributed by atoms with Crippen molar-refractivity contribution in [3.8, 4) is 0 Å². The molecule has 0 saturated carbocycles. The van der Waals surface area contributed by atoms with Crippen LogP contribution < -0.4 is 10.6 Å². The van der Waals surface area contributed by atoms with Crippen LogP contribution >= 0.6 is 0 Å². The van der Waals surface area contributed by atoms with Gasteiger partial charge in [-0.2, -0.15) is 0 Å². The van der Waals surface area contributed by atoms with Gasteiger partial charge in [-0.1, -0.05) is 20.8 Å². The van der Waals surface area contributed by atoms with Gasteiger partial charge >= 0.3 is 0 Å². The van der Waals surface area contributed by atoms with E-state index in [4.69, 9.17) is 4.42 Å². The minimum absolute atomic E-state index is 0.0671. The summed E-state index contributed by atoms with van der Waals surface area (Å²) in [5.41, 5.74) is 0.738. The van der Waals surface area contributed by atoms with Crippen molar-refractivity contribution in [3.63, 3.8) is 0 Å². The molecule has 2 aromatic rings. The van der Waals surface area contributed by atoms with Crippen LogP contribution in [0.1, 0.15) is 36.9 Å². The molecule has 0 aliphatic heterocycles. The van der Waals surface area contributed by atoms with Crippen LogP contribution in [0.15, 0.2) is 47.1 Å². The second-order valence-corrected chi connectivity index (χ2v) is 6.04. The molecule has 2 N–H and O–H groups in total. The second kappa shape index (κ2) is 6.47. The molecule has 0 spiro atoms. The minimum Gasteiger partial charge on any atom is -0.467 e. The quantitative estimate of drug-likeness (QED) is 0.911. The average Bonchev–Trinajstić information content (AvgIpc) is 2.98. The summed E-state index contributed by atoms with van der Waals surface area (Å²) >= 11 is 0. The zero-order valence-corrected chi connectivity index (χ0v) is 13.0. The molecule has 0 saturated heterocycles. The molecule has 0 bridgehead atoms. The Hall–Kier alpha value is -2.56. The van der Waals surface area contributed by atoms with Crippen LogP contribution in [0.5, 0.6) is 0 Å². The zero-order valence-electron chi connectivity index (χ0n) is 13.0. The summed E-state index contributed by atoms with van der Waals surface area (Å²) in [5.74, 6) is 0.440. The molecule has 1 aromatic heterocycles. The number of benzene rings is 1. The summed E-state index contributed by atoms with van der Waals surface area (Å²) in [6, 6.07) is 10.3. The Morgan fingerprint density at radius 1 is 1.09 bits per heavy atom. The molecule has 0 atom stereocenters. The molecule has 0 fully saturated rings. The fourth-order valence-electron chi connectivity index (χ4n) is 1.71. The van der Waals surface area contributed by atoms with Gasteiger partial charge in [0, 0.05) is 16.7 Å². The molecule has 116 valence electrons. The fourth-order valence-corrected chi connectivity index (χ4v) is 1.71. The predicted molar refractivity (Wildman–Crippen MR) is 84.4 cm³/mol. The van der Waals surface area contributed by atoms with E-state index in [0.29, 0.717) is 23.6 Å². The number of anilines is 1. The van der Waals surface area contributed by atoms with Crippen molar-refractivity contribution in [3.05, 3.63) is 54.0 Å². The van der Waals surface area contributed by atoms with Crippen molar-refractivity contribution < 1.29 is 14.0 Å². The van der Waals surface area contributed by atoms with Crippen LogP contribution in [0.2, 0.25) is 0 Å². The van der Waals surface area contributed by atoms with Crippen molar-refractivity contribution in [2.45, 2.75) is 27.3 Å². The van der Waals surface area contributed by atoms with Gasteiger partial charge in [0.15, 0.2) is 0 Å². The highest BCUT2D eigenvalue weighted by Gasteiger charge is 2.21. The smallest absolute Gasteiger partial charge is 0.251 e. The predicted octanol–water partition coefficient (Wildman–Crippen LogP) is 3.19. The van der Waals surface area contributed by atoms with Gasteiger partial charge in [0.2, 0.25) is 5.91 Å². The van der Waals surface area contributed by atoms with Crippen molar-refractivity contribution in [1.29, 1.82) is 0 Å². The highest BCUT2D eigenvalue weighted by molar-refractivity contribution is 5.97. The Kier molecular flexibility index (Phi) is 4.65. The third-order valence-electron chi connectivity index (χ3n) is 3.09. The van der Waals surface area contributed by atoms with Crippen LogP contribution in [-0.2, 0) is 11.3 Å². The highest BCUT2D eigenvalue weighted by Crippen LogP contribution is 2.17. The first-order valence-corrected chi connectivity index (χ1v) is 7.08. The number of furan rings is 1. The van der Waals surface area contributed by atoms with Crippen molar-refractivity contribution in [2.24, 2.45) is 5.41 Å². The summed E-state index contributed by atoms with van der Waals surface area (Å²) in [5, 5.41) is 5.58. The number of carbonyl (C=O) groups excluding carboxylic acids is 2. The molecule has 2 rings (SSSR count). The third-order valence-corrected chi connectivity index (χ3v) is 3.09. The molecular weight excluding hydrogens is 280 g/mol. The Morgan fingerprint density at radius 2 is 1.77 bits per heavy atom. The van der Waals surface area contributed by atoms with Crippen molar-refractivity contribution in [2.75, 3.05) is 5.32 Å². The summed E-state index contributed by atoms with van der Waals surface area (Å²) in [6.07, 6.45) is 1.56. The normalized spacial score (nSPS) is 11.0. The van der Waals surface area contributed by atoms with E-state index < -0.39 is 5.41 Å². The fraction of sp³-hybridized carbons (Fsp3) is 0.294. The molecule has 1 aromatic carbocycles. The number of hydrogen-bond donors (Lipinski definition) is 2. The van der Waals surface area contributed by atoms with Crippen molar-refractivity contribution in [1.82, 2.24) is 5.32 Å². The number of amides is 2. The lowest BCUT2D eigenvalue weighted by Gasteiger charge is -2.17. The van der Waals surface area contributed by atoms with Gasteiger partial charge < -0.3 is 15.1 Å². The SMILES string of the molecule is CC(C)(C)C(=O)Nc1ccc(C(=O)NCc2ccco2)cc1. The summed E-state index contributed by atoms with van der Waals surface area (Å²) < 4.78 is 5.15. The van der Waals surface area contributed by atoms with Gasteiger partial charge in [-0.05, 0) is 36.4 Å². The molecule has 0 aliphatic rings. The Labute approximate surface area is 129 Å². The standard InChI is InChI=1S/C17H20N2O3/c1-17(2,3)16(21)19-13-8-6-12(7-9-13)15(20)18-11-14-5-4-10-22-14/h4-10H,11H2,1-3H3,(H,18,20)(H,19,21). The topological polar surface area (TPSA) is 71.3 Å². The Morgan fingerprint density at radius 3 is 2.32 bits per heavy atom. The maximum atomic E-state index is 12.0. The average molecular weight is 300 g/mol. The molecule has 0 aliphatic carbocycles. The van der Waals surface area contributed by atoms with Gasteiger partial charge in [0.1, 0.15) is 5.76 Å². The number of carbonyl (C=O) groups is 2. The lowest BCUT2D eigenvalue weighted by molar-refractivity contribution is -0.123. The molecule has 0 radical (unpaired) electrons. The van der Waals surface area contributed by atoms with Crippen LogP contribution in [-0.4, -0.2) is 11.8 Å². The monoisotopic (exact) mass is 300 g/mol. The number of rotatable bonds is 4. The molecule has 1 heterocycles. The van der Waals surface area contributed by atoms with E-state index >= 15 is 0 Å². The van der Waals surface area contributed by atoms with Crippen LogP contribution in [0.4, 0.5) is 5.69 Å². The van der Waals surface area contributed by atoms with Crippen molar-refractivity contribution >= 4 is 17.5 Å². The molecular formula is C17H20N2O3. The van der Waals surface area contributed by atoms with E-state index in [-0.39, 0.29) is 11.8 Å². The first-order valence-electron chi connectivity index (χ1n) is 7.08. The molecule has 22 heavy (non-hydrogen) atoms. The Balaban J connectivity index is 1.93. The number of hydrogen-bond acceptors (Lipinski definition) is 3. The maximum absolute atomic E-state index is 12.0. The molecule has 2 amide bonds. The first kappa shape index (κ1) is 15.8. The maximum Gasteiger partial charge on any atom is 0.251 e. The summed E-state index contributed by atoms with van der Waals surface area (Å²) in [4.78, 5) is 23.9. The minimum atomic E-state index is -0.459. The van der Waals surface area contributed by atoms with Gasteiger partial charge in [-0.3, -0.25) is 9.59 Å². The van der Waals surface area contributed by atoms with Gasteiger partial charge in [-0.15, -0.1) is 0 Å². The van der Waals surface area contributed by atoms with E-state index in [1.54, 1.807) is 42.7 Å². The van der Waals surface area contributed by atoms with E-state index in [0.717, 1.165) is 0 Å². The van der Waals surface area contributed by atoms with Crippen LogP contribution in [0.3, 0.4) is 0 Å². The summed E-state index contributed by atoms with van der Waals surface area (Å²) in [7, 11) is 0. The van der Waals surface area contributed by atoms with Crippen LogP contribution in [0, 0.1) is 5.41 Å². The molecule has 5 heteroatoms. The van der Waals surface area contributed by atoms with E-state index in [1.807, 2.05) is 20.8 Å². The van der Waals surface area contributed by atoms with E-state index in [9.17, 15) is 9.59 Å². The van der Waals surface area contributed by atoms with E-state index in [1.165, 1.54) is 0 Å². The lowest BCUT2D eigenvalue weighted by atomic mass is 9.95. The largest absolute Gasteiger partial charge is 0.467 e. The summed E-state index contributed by atoms with van der Waals surface area (Å²) in [6.45, 7) is 5.88. The second-order valence-electron chi connectivity index (χ2n) is 6.04. The van der Waals surface area contributed by atoms with E-state index in [2.05, 4.69) is 10.6 Å². The Bertz CT molecular complexity index is 638. The van der Waals surface area contributed by atoms with Gasteiger partial charge in [0.05, 0.1) is 12.8 Å². The lowest BCUT2D eigenvalue weighted by Crippen LogP contribution is -2.27. The van der Waals surface area contributed by atoms with Gasteiger partial charge in [0.25, 0.3) is 5.91 Å². The highest BCUT2D eigenvalue weighted by atomic mass is 16.3. The number of nitrogens with one attached hydrogen (secondary N) is 2. The third kappa shape index (κ3) is 4.22. The van der Waals surface area contributed by atoms with Gasteiger partial charge in [-0.25, -0.2) is 0 Å². The molecule has 5 nitrogen and oxygen atoms in total. The zero-order chi connectivity index (χ0) is 16.2. The molecule has 0 unspecified atom stereocenters.